The molecule has 1 atom stereocenters. The first kappa shape index (κ1) is 14.9. The SMILES string of the molecule is CN1C(=O)C(C)(CSC#N)c2cccc(C(C)(C)C)c21. The highest BCUT2D eigenvalue weighted by molar-refractivity contribution is 8.03. The maximum absolute atomic E-state index is 12.7. The van der Waals surface area contributed by atoms with E-state index >= 15 is 0 Å². The molecule has 20 heavy (non-hydrogen) atoms. The third-order valence-electron chi connectivity index (χ3n) is 3.98. The summed E-state index contributed by atoms with van der Waals surface area (Å²) in [5.41, 5.74) is 2.61. The van der Waals surface area contributed by atoms with Crippen LogP contribution in [0, 0.1) is 10.7 Å². The Kier molecular flexibility index (Phi) is 3.60. The Morgan fingerprint density at radius 3 is 2.60 bits per heavy atom. The van der Waals surface area contributed by atoms with Crippen molar-refractivity contribution in [1.29, 1.82) is 5.26 Å². The predicted octanol–water partition coefficient (Wildman–Crippen LogP) is 3.43. The van der Waals surface area contributed by atoms with E-state index in [9.17, 15) is 4.79 Å². The van der Waals surface area contributed by atoms with Gasteiger partial charge in [0.15, 0.2) is 0 Å². The average Bonchev–Trinajstić information content (AvgIpc) is 2.58. The number of rotatable bonds is 2. The van der Waals surface area contributed by atoms with Crippen LogP contribution in [0.25, 0.3) is 0 Å². The number of anilines is 1. The Balaban J connectivity index is 2.64. The minimum atomic E-state index is -0.605. The lowest BCUT2D eigenvalue weighted by Crippen LogP contribution is -2.38. The van der Waals surface area contributed by atoms with Crippen LogP contribution in [-0.4, -0.2) is 18.7 Å². The minimum Gasteiger partial charge on any atom is -0.314 e. The standard InChI is InChI=1S/C16H20N2OS/c1-15(2,3)11-7-6-8-12-13(11)18(5)14(19)16(12,4)9-20-10-17/h6-8H,9H2,1-5H3. The molecule has 0 fully saturated rings. The number of nitriles is 1. The van der Waals surface area contributed by atoms with Gasteiger partial charge in [-0.05, 0) is 35.2 Å². The second kappa shape index (κ2) is 4.82. The molecule has 1 aliphatic heterocycles. The third kappa shape index (κ3) is 2.10. The largest absolute Gasteiger partial charge is 0.314 e. The van der Waals surface area contributed by atoms with Gasteiger partial charge < -0.3 is 4.90 Å². The van der Waals surface area contributed by atoms with Gasteiger partial charge in [-0.15, -0.1) is 0 Å². The maximum Gasteiger partial charge on any atom is 0.238 e. The van der Waals surface area contributed by atoms with E-state index in [1.807, 2.05) is 26.1 Å². The summed E-state index contributed by atoms with van der Waals surface area (Å²) in [5.74, 6) is 0.569. The molecule has 0 N–H and O–H groups in total. The van der Waals surface area contributed by atoms with Crippen LogP contribution in [0.2, 0.25) is 0 Å². The van der Waals surface area contributed by atoms with Crippen LogP contribution >= 0.6 is 11.8 Å². The second-order valence-electron chi connectivity index (χ2n) is 6.53. The van der Waals surface area contributed by atoms with Gasteiger partial charge in [0.2, 0.25) is 5.91 Å². The number of thioether (sulfide) groups is 1. The predicted molar refractivity (Wildman–Crippen MR) is 84.0 cm³/mol. The van der Waals surface area contributed by atoms with Crippen molar-refractivity contribution >= 4 is 23.4 Å². The summed E-state index contributed by atoms with van der Waals surface area (Å²) >= 11 is 1.14. The highest BCUT2D eigenvalue weighted by atomic mass is 32.2. The zero-order valence-corrected chi connectivity index (χ0v) is 13.5. The Labute approximate surface area is 125 Å². The molecule has 3 nitrogen and oxygen atoms in total. The molecule has 4 heteroatoms. The minimum absolute atomic E-state index is 0.0203. The number of carbonyl (C=O) groups excluding carboxylic acids is 1. The first-order valence-electron chi connectivity index (χ1n) is 6.66. The number of carbonyl (C=O) groups is 1. The van der Waals surface area contributed by atoms with Gasteiger partial charge >= 0.3 is 0 Å². The highest BCUT2D eigenvalue weighted by Crippen LogP contribution is 2.47. The van der Waals surface area contributed by atoms with Crippen LogP contribution in [-0.2, 0) is 15.6 Å². The number of para-hydroxylation sites is 1. The molecule has 0 saturated carbocycles. The molecule has 0 spiro atoms. The van der Waals surface area contributed by atoms with Crippen LogP contribution in [0.3, 0.4) is 0 Å². The molecule has 2 rings (SSSR count). The molecule has 0 bridgehead atoms. The van der Waals surface area contributed by atoms with Crippen molar-refractivity contribution in [2.75, 3.05) is 17.7 Å². The number of likely N-dealkylation sites (N-methyl/N-ethyl adjacent to an activating group) is 1. The van der Waals surface area contributed by atoms with Crippen LogP contribution in [0.15, 0.2) is 18.2 Å². The lowest BCUT2D eigenvalue weighted by atomic mass is 9.80. The Hall–Kier alpha value is -1.47. The monoisotopic (exact) mass is 288 g/mol. The van der Waals surface area contributed by atoms with E-state index in [1.165, 1.54) is 5.56 Å². The molecule has 0 aromatic heterocycles. The van der Waals surface area contributed by atoms with Crippen LogP contribution < -0.4 is 4.90 Å². The van der Waals surface area contributed by atoms with Crippen LogP contribution in [0.4, 0.5) is 5.69 Å². The Bertz CT molecular complexity index is 597. The molecule has 1 aromatic carbocycles. The summed E-state index contributed by atoms with van der Waals surface area (Å²) in [6.45, 7) is 8.40. The van der Waals surface area contributed by atoms with Gasteiger partial charge in [-0.3, -0.25) is 4.79 Å². The van der Waals surface area contributed by atoms with Gasteiger partial charge in [-0.2, -0.15) is 5.26 Å². The fourth-order valence-electron chi connectivity index (χ4n) is 2.86. The maximum atomic E-state index is 12.7. The fourth-order valence-corrected chi connectivity index (χ4v) is 3.49. The summed E-state index contributed by atoms with van der Waals surface area (Å²) in [6, 6.07) is 6.12. The highest BCUT2D eigenvalue weighted by Gasteiger charge is 2.47. The number of nitrogens with zero attached hydrogens (tertiary/aromatic N) is 2. The lowest BCUT2D eigenvalue weighted by Gasteiger charge is -2.25. The number of hydrogen-bond donors (Lipinski definition) is 0. The molecule has 1 unspecified atom stereocenters. The van der Waals surface area contributed by atoms with Crippen molar-refractivity contribution in [3.63, 3.8) is 0 Å². The summed E-state index contributed by atoms with van der Waals surface area (Å²) in [7, 11) is 1.83. The molecule has 0 saturated heterocycles. The number of thiocyanates is 1. The summed E-state index contributed by atoms with van der Waals surface area (Å²) in [6.07, 6.45) is 0. The van der Waals surface area contributed by atoms with Crippen molar-refractivity contribution in [3.8, 4) is 5.40 Å². The molecule has 1 aromatic rings. The molecule has 0 aliphatic carbocycles. The van der Waals surface area contributed by atoms with Gasteiger partial charge in [-0.1, -0.05) is 39.0 Å². The van der Waals surface area contributed by atoms with Gasteiger partial charge in [0.05, 0.1) is 11.1 Å². The third-order valence-corrected chi connectivity index (χ3v) is 4.83. The zero-order chi connectivity index (χ0) is 15.1. The molecule has 1 aliphatic rings. The van der Waals surface area contributed by atoms with E-state index < -0.39 is 5.41 Å². The number of fused-ring (bicyclic) bond motifs is 1. The first-order chi connectivity index (χ1) is 9.23. The molecule has 1 heterocycles. The number of hydrogen-bond acceptors (Lipinski definition) is 3. The molecule has 0 radical (unpaired) electrons. The average molecular weight is 288 g/mol. The molecular weight excluding hydrogens is 268 g/mol. The Morgan fingerprint density at radius 1 is 1.40 bits per heavy atom. The van der Waals surface area contributed by atoms with Crippen molar-refractivity contribution in [3.05, 3.63) is 29.3 Å². The lowest BCUT2D eigenvalue weighted by molar-refractivity contribution is -0.121. The fraction of sp³-hybridized carbons (Fsp3) is 0.500. The summed E-state index contributed by atoms with van der Waals surface area (Å²) in [5, 5.41) is 10.9. The van der Waals surface area contributed by atoms with E-state index in [0.717, 1.165) is 23.0 Å². The summed E-state index contributed by atoms with van der Waals surface area (Å²) in [4.78, 5) is 14.4. The van der Waals surface area contributed by atoms with Crippen molar-refractivity contribution in [1.82, 2.24) is 0 Å². The molecular formula is C16H20N2OS. The quantitative estimate of drug-likeness (QED) is 0.783. The van der Waals surface area contributed by atoms with Gasteiger partial charge in [0.1, 0.15) is 5.40 Å². The Morgan fingerprint density at radius 2 is 2.05 bits per heavy atom. The number of benzene rings is 1. The summed E-state index contributed by atoms with van der Waals surface area (Å²) < 4.78 is 0. The van der Waals surface area contributed by atoms with Crippen molar-refractivity contribution in [2.45, 2.75) is 38.5 Å². The number of amides is 1. The van der Waals surface area contributed by atoms with E-state index in [1.54, 1.807) is 4.90 Å². The topological polar surface area (TPSA) is 44.1 Å². The van der Waals surface area contributed by atoms with Gasteiger partial charge in [-0.25, -0.2) is 0 Å². The van der Waals surface area contributed by atoms with Crippen LogP contribution in [0.5, 0.6) is 0 Å². The van der Waals surface area contributed by atoms with E-state index in [0.29, 0.717) is 5.75 Å². The first-order valence-corrected chi connectivity index (χ1v) is 7.65. The smallest absolute Gasteiger partial charge is 0.238 e. The van der Waals surface area contributed by atoms with Gasteiger partial charge in [0, 0.05) is 12.8 Å². The van der Waals surface area contributed by atoms with E-state index in [4.69, 9.17) is 5.26 Å². The second-order valence-corrected chi connectivity index (χ2v) is 7.29. The van der Waals surface area contributed by atoms with Crippen LogP contribution in [0.1, 0.15) is 38.8 Å². The molecule has 1 amide bonds. The van der Waals surface area contributed by atoms with E-state index in [2.05, 4.69) is 32.2 Å². The van der Waals surface area contributed by atoms with E-state index in [-0.39, 0.29) is 11.3 Å². The zero-order valence-electron chi connectivity index (χ0n) is 12.7. The van der Waals surface area contributed by atoms with Gasteiger partial charge in [0.25, 0.3) is 0 Å². The van der Waals surface area contributed by atoms with Crippen molar-refractivity contribution in [2.24, 2.45) is 0 Å². The normalized spacial score (nSPS) is 21.8. The molecule has 106 valence electrons. The van der Waals surface area contributed by atoms with Crippen molar-refractivity contribution < 1.29 is 4.79 Å².